The number of hydrogen-bond donors (Lipinski definition) is 0. The fourth-order valence-corrected chi connectivity index (χ4v) is 3.25. The highest BCUT2D eigenvalue weighted by Crippen LogP contribution is 2.23. The van der Waals surface area contributed by atoms with Crippen LogP contribution in [-0.2, 0) is 9.53 Å². The summed E-state index contributed by atoms with van der Waals surface area (Å²) in [6.45, 7) is 3.49. The fraction of sp³-hybridized carbons (Fsp3) is 0.522. The Bertz CT molecular complexity index is 740. The van der Waals surface area contributed by atoms with Crippen molar-refractivity contribution in [3.63, 3.8) is 0 Å². The Balaban J connectivity index is 1.44. The largest absolute Gasteiger partial charge is 0.463 e. The van der Waals surface area contributed by atoms with Gasteiger partial charge in [-0.1, -0.05) is 51.2 Å². The van der Waals surface area contributed by atoms with Crippen LogP contribution in [0.25, 0.3) is 11.1 Å². The van der Waals surface area contributed by atoms with E-state index in [0.717, 1.165) is 30.4 Å². The van der Waals surface area contributed by atoms with Gasteiger partial charge >= 0.3 is 12.0 Å². The number of unbranched alkanes of at least 4 members (excludes halogenated alkanes) is 5. The molecule has 6 heteroatoms. The Labute approximate surface area is 172 Å². The number of ether oxygens (including phenoxy) is 3. The number of esters is 1. The smallest absolute Gasteiger partial charge is 0.340 e. The van der Waals surface area contributed by atoms with Crippen LogP contribution in [0.2, 0.25) is 0 Å². The summed E-state index contributed by atoms with van der Waals surface area (Å²) in [6, 6.07) is 7.71. The standard InChI is InChI=1S/C23H30N2O4/c1-2-3-4-5-6-7-14-28-23-24-16-19(17-25-23)18-10-12-20(13-11-18)29-22(26)21-9-8-15-27-21/h10-13,16-17,21H,2-9,14-15H2,1H3. The molecule has 1 atom stereocenters. The van der Waals surface area contributed by atoms with E-state index in [2.05, 4.69) is 16.9 Å². The average Bonchev–Trinajstić information content (AvgIpc) is 3.29. The fourth-order valence-electron chi connectivity index (χ4n) is 3.25. The highest BCUT2D eigenvalue weighted by molar-refractivity contribution is 5.77. The molecule has 2 heterocycles. The molecule has 1 unspecified atom stereocenters. The molecule has 1 aromatic carbocycles. The summed E-state index contributed by atoms with van der Waals surface area (Å²) >= 11 is 0. The van der Waals surface area contributed by atoms with Crippen molar-refractivity contribution in [3.8, 4) is 22.9 Å². The van der Waals surface area contributed by atoms with Crippen molar-refractivity contribution in [2.24, 2.45) is 0 Å². The maximum Gasteiger partial charge on any atom is 0.340 e. The number of hydrogen-bond acceptors (Lipinski definition) is 6. The molecule has 0 amide bonds. The number of rotatable bonds is 11. The molecule has 0 bridgehead atoms. The van der Waals surface area contributed by atoms with Crippen LogP contribution in [0.3, 0.4) is 0 Å². The molecule has 0 spiro atoms. The van der Waals surface area contributed by atoms with Gasteiger partial charge in [-0.15, -0.1) is 0 Å². The summed E-state index contributed by atoms with van der Waals surface area (Å²) in [4.78, 5) is 20.6. The van der Waals surface area contributed by atoms with E-state index in [0.29, 0.717) is 25.0 Å². The molecular formula is C23H30N2O4. The minimum absolute atomic E-state index is 0.328. The molecule has 29 heavy (non-hydrogen) atoms. The summed E-state index contributed by atoms with van der Waals surface area (Å²) in [5, 5.41) is 0. The first kappa shape index (κ1) is 21.2. The van der Waals surface area contributed by atoms with Gasteiger partial charge in [0.05, 0.1) is 6.61 Å². The molecule has 1 fully saturated rings. The van der Waals surface area contributed by atoms with Crippen LogP contribution in [0.15, 0.2) is 36.7 Å². The van der Waals surface area contributed by atoms with Gasteiger partial charge in [-0.25, -0.2) is 14.8 Å². The van der Waals surface area contributed by atoms with Gasteiger partial charge < -0.3 is 14.2 Å². The zero-order chi connectivity index (χ0) is 20.3. The summed E-state index contributed by atoms with van der Waals surface area (Å²) in [7, 11) is 0. The lowest BCUT2D eigenvalue weighted by Gasteiger charge is -2.10. The molecule has 156 valence electrons. The molecule has 1 aromatic heterocycles. The van der Waals surface area contributed by atoms with E-state index < -0.39 is 6.10 Å². The van der Waals surface area contributed by atoms with Crippen LogP contribution in [0.1, 0.15) is 58.3 Å². The van der Waals surface area contributed by atoms with Gasteiger partial charge in [-0.2, -0.15) is 0 Å². The summed E-state index contributed by atoms with van der Waals surface area (Å²) in [5.74, 6) is 0.180. The van der Waals surface area contributed by atoms with Gasteiger partial charge in [0.15, 0.2) is 6.10 Å². The molecular weight excluding hydrogens is 368 g/mol. The molecule has 1 aliphatic rings. The van der Waals surface area contributed by atoms with E-state index in [1.165, 1.54) is 32.1 Å². The maximum absolute atomic E-state index is 12.0. The Kier molecular flexibility index (Phi) is 8.43. The van der Waals surface area contributed by atoms with Gasteiger partial charge in [-0.05, 0) is 37.0 Å². The van der Waals surface area contributed by atoms with Gasteiger partial charge in [0.2, 0.25) is 0 Å². The number of aromatic nitrogens is 2. The van der Waals surface area contributed by atoms with Crippen molar-refractivity contribution in [3.05, 3.63) is 36.7 Å². The Morgan fingerprint density at radius 2 is 1.76 bits per heavy atom. The van der Waals surface area contributed by atoms with E-state index >= 15 is 0 Å². The number of benzene rings is 1. The molecule has 2 aromatic rings. The van der Waals surface area contributed by atoms with Crippen LogP contribution in [0, 0.1) is 0 Å². The maximum atomic E-state index is 12.0. The Hall–Kier alpha value is -2.47. The average molecular weight is 399 g/mol. The van der Waals surface area contributed by atoms with Crippen molar-refractivity contribution in [2.75, 3.05) is 13.2 Å². The van der Waals surface area contributed by atoms with Crippen molar-refractivity contribution in [2.45, 2.75) is 64.4 Å². The lowest BCUT2D eigenvalue weighted by atomic mass is 10.1. The van der Waals surface area contributed by atoms with E-state index in [4.69, 9.17) is 14.2 Å². The van der Waals surface area contributed by atoms with Crippen molar-refractivity contribution >= 4 is 5.97 Å². The summed E-state index contributed by atoms with van der Waals surface area (Å²) in [5.41, 5.74) is 1.83. The second-order valence-corrected chi connectivity index (χ2v) is 7.32. The normalized spacial score (nSPS) is 16.0. The van der Waals surface area contributed by atoms with Gasteiger partial charge in [0.25, 0.3) is 0 Å². The zero-order valence-corrected chi connectivity index (χ0v) is 17.1. The first-order chi connectivity index (χ1) is 14.3. The van der Waals surface area contributed by atoms with Gasteiger partial charge in [0.1, 0.15) is 5.75 Å². The first-order valence-electron chi connectivity index (χ1n) is 10.6. The van der Waals surface area contributed by atoms with Crippen LogP contribution >= 0.6 is 0 Å². The van der Waals surface area contributed by atoms with E-state index in [1.807, 2.05) is 12.1 Å². The third-order valence-electron chi connectivity index (χ3n) is 4.96. The van der Waals surface area contributed by atoms with Crippen molar-refractivity contribution in [1.82, 2.24) is 9.97 Å². The molecule has 0 aliphatic carbocycles. The predicted octanol–water partition coefficient (Wildman–Crippen LogP) is 4.97. The topological polar surface area (TPSA) is 70.5 Å². The van der Waals surface area contributed by atoms with E-state index in [9.17, 15) is 4.79 Å². The summed E-state index contributed by atoms with van der Waals surface area (Å²) < 4.78 is 16.3. The lowest BCUT2D eigenvalue weighted by molar-refractivity contribution is -0.144. The highest BCUT2D eigenvalue weighted by Gasteiger charge is 2.25. The van der Waals surface area contributed by atoms with E-state index in [-0.39, 0.29) is 5.97 Å². The van der Waals surface area contributed by atoms with Crippen molar-refractivity contribution < 1.29 is 19.0 Å². The molecule has 1 aliphatic heterocycles. The molecule has 0 N–H and O–H groups in total. The van der Waals surface area contributed by atoms with Gasteiger partial charge in [-0.3, -0.25) is 0 Å². The molecule has 0 radical (unpaired) electrons. The van der Waals surface area contributed by atoms with Crippen molar-refractivity contribution in [1.29, 1.82) is 0 Å². The Morgan fingerprint density at radius 1 is 1.03 bits per heavy atom. The number of nitrogens with zero attached hydrogens (tertiary/aromatic N) is 2. The first-order valence-corrected chi connectivity index (χ1v) is 10.6. The number of carbonyl (C=O) groups is 1. The monoisotopic (exact) mass is 398 g/mol. The zero-order valence-electron chi connectivity index (χ0n) is 17.1. The van der Waals surface area contributed by atoms with E-state index in [1.54, 1.807) is 24.5 Å². The highest BCUT2D eigenvalue weighted by atomic mass is 16.6. The number of carbonyl (C=O) groups excluding carboxylic acids is 1. The minimum Gasteiger partial charge on any atom is -0.463 e. The minimum atomic E-state index is -0.438. The third kappa shape index (κ3) is 6.82. The molecule has 1 saturated heterocycles. The quantitative estimate of drug-likeness (QED) is 0.302. The van der Waals surface area contributed by atoms with Crippen LogP contribution < -0.4 is 9.47 Å². The lowest BCUT2D eigenvalue weighted by Crippen LogP contribution is -2.24. The summed E-state index contributed by atoms with van der Waals surface area (Å²) in [6.07, 6.45) is 12.0. The van der Waals surface area contributed by atoms with Crippen LogP contribution in [0.5, 0.6) is 11.8 Å². The third-order valence-corrected chi connectivity index (χ3v) is 4.96. The molecule has 6 nitrogen and oxygen atoms in total. The predicted molar refractivity (Wildman–Crippen MR) is 111 cm³/mol. The van der Waals surface area contributed by atoms with Crippen LogP contribution in [-0.4, -0.2) is 35.3 Å². The van der Waals surface area contributed by atoms with Crippen LogP contribution in [0.4, 0.5) is 0 Å². The molecule has 3 rings (SSSR count). The second-order valence-electron chi connectivity index (χ2n) is 7.32. The Morgan fingerprint density at radius 3 is 2.45 bits per heavy atom. The second kappa shape index (κ2) is 11.5. The molecule has 0 saturated carbocycles. The SMILES string of the molecule is CCCCCCCCOc1ncc(-c2ccc(OC(=O)C3CCCO3)cc2)cn1. The van der Waals surface area contributed by atoms with Gasteiger partial charge in [0, 0.05) is 24.6 Å².